The van der Waals surface area contributed by atoms with Gasteiger partial charge in [-0.2, -0.15) is 0 Å². The Bertz CT molecular complexity index is 1660. The largest absolute Gasteiger partial charge is 0.459 e. The van der Waals surface area contributed by atoms with Gasteiger partial charge in [0.2, 0.25) is 5.30 Å². The molecule has 0 aromatic heterocycles. The van der Waals surface area contributed by atoms with Gasteiger partial charge in [0.15, 0.2) is 5.78 Å². The van der Waals surface area contributed by atoms with Crippen LogP contribution in [0.25, 0.3) is 0 Å². The van der Waals surface area contributed by atoms with Crippen LogP contribution in [-0.4, -0.2) is 11.3 Å². The minimum absolute atomic E-state index is 0.0489. The van der Waals surface area contributed by atoms with E-state index in [0.717, 1.165) is 0 Å². The summed E-state index contributed by atoms with van der Waals surface area (Å²) in [6.07, 6.45) is -0.996. The second-order valence-corrected chi connectivity index (χ2v) is 11.1. The second kappa shape index (κ2) is 12.9. The van der Waals surface area contributed by atoms with Crippen molar-refractivity contribution in [3.8, 4) is 11.5 Å². The van der Waals surface area contributed by atoms with Crippen molar-refractivity contribution in [1.82, 2.24) is 0 Å². The Kier molecular flexibility index (Phi) is 8.91. The Morgan fingerprint density at radius 3 is 1.66 bits per heavy atom. The molecule has 41 heavy (non-hydrogen) atoms. The maximum absolute atomic E-state index is 14.1. The predicted octanol–water partition coefficient (Wildman–Crippen LogP) is 8.67. The van der Waals surface area contributed by atoms with Crippen molar-refractivity contribution < 1.29 is 23.6 Å². The summed E-state index contributed by atoms with van der Waals surface area (Å²) in [5.74, 6) is 0.638. The topological polar surface area (TPSA) is 69.7 Å². The van der Waals surface area contributed by atoms with Crippen molar-refractivity contribution >= 4 is 47.6 Å². The summed E-state index contributed by atoms with van der Waals surface area (Å²) < 4.78 is 26.0. The maximum Gasteiger partial charge on any atom is 0.459 e. The molecule has 1 atom stereocenters. The summed E-state index contributed by atoms with van der Waals surface area (Å²) in [5, 5.41) is 0.241. The van der Waals surface area contributed by atoms with Gasteiger partial charge in [-0.15, -0.1) is 0 Å². The first-order valence-electron chi connectivity index (χ1n) is 12.6. The van der Waals surface area contributed by atoms with Crippen LogP contribution in [0.4, 0.5) is 0 Å². The van der Waals surface area contributed by atoms with Gasteiger partial charge in [0.1, 0.15) is 17.1 Å². The van der Waals surface area contributed by atoms with Crippen molar-refractivity contribution in [2.24, 2.45) is 0 Å². The van der Waals surface area contributed by atoms with E-state index in [2.05, 4.69) is 0 Å². The van der Waals surface area contributed by atoms with Gasteiger partial charge in [0.05, 0.1) is 15.6 Å². The predicted molar refractivity (Wildman–Crippen MR) is 161 cm³/mol. The summed E-state index contributed by atoms with van der Waals surface area (Å²) in [5.41, 5.74) is 0.0175. The molecule has 5 nitrogen and oxygen atoms in total. The number of carbonyl (C=O) groups excluding carboxylic acids is 2. The third-order valence-electron chi connectivity index (χ3n) is 6.16. The molecule has 0 saturated heterocycles. The standard InChI is InChI=1S/C33H22Cl2O5P/c34-27-19-11-20-28(35)30(27)32(37)41(38)29-21-10-9-18-26(29)31(36)24-16-7-8-17-25(24)33(39-22-12-3-1-4-13-22)40-23-14-5-2-6-15-23/h1-21,33H/q+1. The van der Waals surface area contributed by atoms with Gasteiger partial charge in [-0.3, -0.25) is 4.79 Å². The molecule has 0 aliphatic rings. The lowest BCUT2D eigenvalue weighted by Gasteiger charge is -2.23. The zero-order chi connectivity index (χ0) is 28.8. The molecule has 1 unspecified atom stereocenters. The average molecular weight is 600 g/mol. The number of hydrogen-bond donors (Lipinski definition) is 0. The van der Waals surface area contributed by atoms with Gasteiger partial charge < -0.3 is 9.47 Å². The van der Waals surface area contributed by atoms with Crippen molar-refractivity contribution in [2.45, 2.75) is 6.29 Å². The van der Waals surface area contributed by atoms with Gasteiger partial charge in [-0.05, 0) is 48.5 Å². The minimum Gasteiger partial charge on any atom is -0.451 e. The summed E-state index contributed by atoms with van der Waals surface area (Å²) in [6, 6.07) is 36.0. The molecule has 0 radical (unpaired) electrons. The fraction of sp³-hybridized carbons (Fsp3) is 0.0303. The van der Waals surface area contributed by atoms with Crippen LogP contribution in [0.15, 0.2) is 127 Å². The highest BCUT2D eigenvalue weighted by molar-refractivity contribution is 7.71. The van der Waals surface area contributed by atoms with Gasteiger partial charge in [0.25, 0.3) is 6.29 Å². The number of hydrogen-bond acceptors (Lipinski definition) is 5. The third-order valence-corrected chi connectivity index (χ3v) is 8.21. The zero-order valence-electron chi connectivity index (χ0n) is 21.4. The van der Waals surface area contributed by atoms with E-state index in [1.54, 1.807) is 66.7 Å². The highest BCUT2D eigenvalue weighted by atomic mass is 35.5. The maximum atomic E-state index is 14.1. The van der Waals surface area contributed by atoms with E-state index in [-0.39, 0.29) is 32.0 Å². The number of carbonyl (C=O) groups is 2. The molecule has 8 heteroatoms. The molecule has 0 saturated carbocycles. The Labute approximate surface area is 248 Å². The monoisotopic (exact) mass is 599 g/mol. The highest BCUT2D eigenvalue weighted by Gasteiger charge is 2.39. The first kappa shape index (κ1) is 28.3. The van der Waals surface area contributed by atoms with Crippen molar-refractivity contribution in [1.29, 1.82) is 0 Å². The quantitative estimate of drug-likeness (QED) is 0.0912. The lowest BCUT2D eigenvalue weighted by atomic mass is 9.98. The van der Waals surface area contributed by atoms with E-state index >= 15 is 0 Å². The summed E-state index contributed by atoms with van der Waals surface area (Å²) in [4.78, 5) is 27.4. The van der Waals surface area contributed by atoms with Crippen LogP contribution in [0.2, 0.25) is 10.0 Å². The Balaban J connectivity index is 1.54. The molecular weight excluding hydrogens is 578 g/mol. The van der Waals surface area contributed by atoms with Crippen LogP contribution in [0.1, 0.15) is 38.1 Å². The lowest BCUT2D eigenvalue weighted by Crippen LogP contribution is -2.21. The third kappa shape index (κ3) is 6.39. The molecule has 0 aliphatic heterocycles. The Hall–Kier alpha value is -4.28. The molecule has 0 spiro atoms. The number of halogens is 2. The molecular formula is C33H22Cl2O5P+. The molecule has 0 bridgehead atoms. The first-order valence-corrected chi connectivity index (χ1v) is 14.6. The fourth-order valence-electron chi connectivity index (χ4n) is 4.21. The summed E-state index contributed by atoms with van der Waals surface area (Å²) in [6.45, 7) is 0. The van der Waals surface area contributed by atoms with Crippen molar-refractivity contribution in [3.63, 3.8) is 0 Å². The Morgan fingerprint density at radius 2 is 1.07 bits per heavy atom. The van der Waals surface area contributed by atoms with Crippen LogP contribution >= 0.6 is 31.0 Å². The van der Waals surface area contributed by atoms with Crippen molar-refractivity contribution in [2.75, 3.05) is 0 Å². The zero-order valence-corrected chi connectivity index (χ0v) is 23.9. The number of rotatable bonds is 10. The van der Waals surface area contributed by atoms with Crippen LogP contribution < -0.4 is 14.8 Å². The number of benzene rings is 5. The smallest absolute Gasteiger partial charge is 0.451 e. The molecule has 5 aromatic rings. The summed E-state index contributed by atoms with van der Waals surface area (Å²) in [7, 11) is -2.73. The molecule has 0 aliphatic carbocycles. The number of ketones is 1. The van der Waals surface area contributed by atoms with Crippen LogP contribution in [-0.2, 0) is 4.57 Å². The van der Waals surface area contributed by atoms with Crippen LogP contribution in [0, 0.1) is 0 Å². The van der Waals surface area contributed by atoms with Crippen LogP contribution in [0.5, 0.6) is 11.5 Å². The number of ether oxygens (including phenoxy) is 2. The van der Waals surface area contributed by atoms with E-state index in [4.69, 9.17) is 32.7 Å². The van der Waals surface area contributed by atoms with E-state index in [9.17, 15) is 14.2 Å². The van der Waals surface area contributed by atoms with E-state index in [1.807, 2.05) is 36.4 Å². The first-order chi connectivity index (χ1) is 19.9. The molecule has 0 heterocycles. The molecule has 0 fully saturated rings. The molecule has 5 aromatic carbocycles. The van der Waals surface area contributed by atoms with Crippen molar-refractivity contribution in [3.05, 3.63) is 160 Å². The molecule has 0 N–H and O–H groups in total. The molecule has 202 valence electrons. The van der Waals surface area contributed by atoms with Gasteiger partial charge in [0, 0.05) is 11.1 Å². The fourth-order valence-corrected chi connectivity index (χ4v) is 6.19. The lowest BCUT2D eigenvalue weighted by molar-refractivity contribution is 0.00324. The normalized spacial score (nSPS) is 11.1. The molecule has 5 rings (SSSR count). The van der Waals surface area contributed by atoms with E-state index < -0.39 is 25.4 Å². The minimum atomic E-state index is -2.73. The SMILES string of the molecule is O=C(c1ccccc1C(Oc1ccccc1)Oc1ccccc1)c1ccccc1[P+](=O)C(=O)c1c(Cl)cccc1Cl. The van der Waals surface area contributed by atoms with E-state index in [1.165, 1.54) is 24.3 Å². The average Bonchev–Trinajstić information content (AvgIpc) is 3.01. The molecule has 0 amide bonds. The van der Waals surface area contributed by atoms with Gasteiger partial charge in [-0.25, -0.2) is 4.79 Å². The van der Waals surface area contributed by atoms with E-state index in [0.29, 0.717) is 17.1 Å². The Morgan fingerprint density at radius 1 is 0.585 bits per heavy atom. The van der Waals surface area contributed by atoms with Gasteiger partial charge >= 0.3 is 13.3 Å². The highest BCUT2D eigenvalue weighted by Crippen LogP contribution is 2.36. The second-order valence-electron chi connectivity index (χ2n) is 8.82. The summed E-state index contributed by atoms with van der Waals surface area (Å²) >= 11 is 12.4. The van der Waals surface area contributed by atoms with Crippen LogP contribution in [0.3, 0.4) is 0 Å². The van der Waals surface area contributed by atoms with Gasteiger partial charge in [-0.1, -0.05) is 107 Å². The number of para-hydroxylation sites is 2.